The average Bonchev–Trinajstić information content (AvgIpc) is 3.05. The van der Waals surface area contributed by atoms with Gasteiger partial charge in [0.05, 0.1) is 20.8 Å². The molecule has 3 aromatic rings. The number of anilines is 1. The maximum atomic E-state index is 13.3. The number of fused-ring (bicyclic) bond motifs is 1. The average molecular weight is 543 g/mol. The fraction of sp³-hybridized carbons (Fsp3) is 0.200. The smallest absolute Gasteiger partial charge is 0.255 e. The van der Waals surface area contributed by atoms with Gasteiger partial charge in [0.2, 0.25) is 15.7 Å². The number of carbonyl (C=O) groups is 1. The fourth-order valence-corrected chi connectivity index (χ4v) is 4.73. The van der Waals surface area contributed by atoms with Gasteiger partial charge < -0.3 is 9.73 Å². The monoisotopic (exact) mass is 543 g/mol. The highest BCUT2D eigenvalue weighted by molar-refractivity contribution is 14.1. The number of carbonyl (C=O) groups excluding carboxylic acids is 1. The van der Waals surface area contributed by atoms with Crippen molar-refractivity contribution in [2.75, 3.05) is 24.2 Å². The third kappa shape index (κ3) is 4.33. The molecule has 2 heterocycles. The largest absolute Gasteiger partial charge is 0.437 e. The lowest BCUT2D eigenvalue weighted by Gasteiger charge is -2.21. The maximum Gasteiger partial charge on any atom is 0.255 e. The molecule has 0 saturated carbocycles. The van der Waals surface area contributed by atoms with Gasteiger partial charge in [-0.15, -0.1) is 6.58 Å². The van der Waals surface area contributed by atoms with Gasteiger partial charge in [-0.3, -0.25) is 9.10 Å². The molecule has 2 aromatic heterocycles. The molecule has 0 saturated heterocycles. The summed E-state index contributed by atoms with van der Waals surface area (Å²) in [7, 11) is -2.12. The predicted octanol–water partition coefficient (Wildman–Crippen LogP) is 3.94. The van der Waals surface area contributed by atoms with Crippen LogP contribution in [-0.4, -0.2) is 39.2 Å². The lowest BCUT2D eigenvalue weighted by Crippen LogP contribution is -2.32. The van der Waals surface area contributed by atoms with Gasteiger partial charge in [-0.2, -0.15) is 4.98 Å². The van der Waals surface area contributed by atoms with Crippen LogP contribution in [0.2, 0.25) is 0 Å². The van der Waals surface area contributed by atoms with Crippen molar-refractivity contribution in [1.29, 1.82) is 0 Å². The molecule has 0 aliphatic carbocycles. The number of nitrogens with zero attached hydrogens (tertiary/aromatic N) is 2. The third-order valence-corrected chi connectivity index (χ3v) is 6.30. The zero-order valence-corrected chi connectivity index (χ0v) is 19.3. The van der Waals surface area contributed by atoms with Gasteiger partial charge in [-0.25, -0.2) is 12.8 Å². The summed E-state index contributed by atoms with van der Waals surface area (Å²) in [5.74, 6) is -0.389. The predicted molar refractivity (Wildman–Crippen MR) is 123 cm³/mol. The van der Waals surface area contributed by atoms with Crippen molar-refractivity contribution >= 4 is 55.4 Å². The summed E-state index contributed by atoms with van der Waals surface area (Å²) in [6.45, 7) is 3.80. The summed E-state index contributed by atoms with van der Waals surface area (Å²) < 4.78 is 45.6. The van der Waals surface area contributed by atoms with Crippen molar-refractivity contribution in [3.05, 3.63) is 57.9 Å². The van der Waals surface area contributed by atoms with Crippen LogP contribution in [0.15, 0.2) is 47.4 Å². The van der Waals surface area contributed by atoms with E-state index in [-0.39, 0.29) is 29.4 Å². The molecule has 0 atom stereocenters. The van der Waals surface area contributed by atoms with Gasteiger partial charge in [0.15, 0.2) is 5.82 Å². The van der Waals surface area contributed by atoms with Crippen LogP contribution < -0.4 is 9.62 Å². The minimum absolute atomic E-state index is 0.107. The van der Waals surface area contributed by atoms with Crippen LogP contribution in [0.4, 0.5) is 10.2 Å². The molecule has 0 radical (unpaired) electrons. The minimum atomic E-state index is -3.61. The second kappa shape index (κ2) is 8.72. The van der Waals surface area contributed by atoms with E-state index in [0.717, 1.165) is 6.26 Å². The number of pyridine rings is 1. The third-order valence-electron chi connectivity index (χ3n) is 4.35. The highest BCUT2D eigenvalue weighted by Gasteiger charge is 2.27. The Labute approximate surface area is 187 Å². The summed E-state index contributed by atoms with van der Waals surface area (Å²) in [5, 5.41) is 3.00. The molecule has 1 N–H and O–H groups in total. The first kappa shape index (κ1) is 22.2. The topological polar surface area (TPSA) is 92.5 Å². The molecule has 0 spiro atoms. The van der Waals surface area contributed by atoms with Crippen LogP contribution in [0.1, 0.15) is 16.8 Å². The first-order valence-corrected chi connectivity index (χ1v) is 11.8. The number of amides is 1. The van der Waals surface area contributed by atoms with E-state index in [1.54, 1.807) is 12.1 Å². The Bertz CT molecular complexity index is 1220. The number of rotatable bonds is 7. The van der Waals surface area contributed by atoms with Crippen molar-refractivity contribution < 1.29 is 22.0 Å². The van der Waals surface area contributed by atoms with Crippen molar-refractivity contribution in [3.8, 4) is 11.3 Å². The number of aromatic nitrogens is 1. The number of furan rings is 1. The van der Waals surface area contributed by atoms with Gasteiger partial charge in [-0.1, -0.05) is 6.08 Å². The first-order valence-electron chi connectivity index (χ1n) is 8.87. The molecule has 0 unspecified atom stereocenters. The highest BCUT2D eigenvalue weighted by Crippen LogP contribution is 2.36. The zero-order chi connectivity index (χ0) is 22.1. The van der Waals surface area contributed by atoms with E-state index in [1.165, 1.54) is 35.6 Å². The van der Waals surface area contributed by atoms with E-state index >= 15 is 0 Å². The van der Waals surface area contributed by atoms with E-state index in [0.29, 0.717) is 20.9 Å². The Morgan fingerprint density at radius 1 is 1.37 bits per heavy atom. The summed E-state index contributed by atoms with van der Waals surface area (Å²) in [5.41, 5.74) is 0.847. The highest BCUT2D eigenvalue weighted by atomic mass is 127. The lowest BCUT2D eigenvalue weighted by atomic mass is 10.1. The summed E-state index contributed by atoms with van der Waals surface area (Å²) in [4.78, 5) is 17.0. The Kier molecular flexibility index (Phi) is 6.46. The number of hydrogen-bond donors (Lipinski definition) is 1. The van der Waals surface area contributed by atoms with E-state index < -0.39 is 21.7 Å². The second-order valence-electron chi connectivity index (χ2n) is 6.45. The standard InChI is InChI=1S/C20H19FIN3O4S/c1-4-5-10-25(30(3,27)28)18-15(22)11-14-16(19(26)23-2)17(29-20(14)24-18)12-6-8-13(21)9-7-12/h4,6-9,11H,1,5,10H2,2-3H3,(H,23,26). The molecule has 7 nitrogen and oxygen atoms in total. The quantitative estimate of drug-likeness (QED) is 0.360. The van der Waals surface area contributed by atoms with Gasteiger partial charge in [-0.05, 0) is 59.3 Å². The summed E-state index contributed by atoms with van der Waals surface area (Å²) >= 11 is 1.98. The molecule has 0 bridgehead atoms. The van der Waals surface area contributed by atoms with E-state index in [2.05, 4.69) is 16.9 Å². The Hall–Kier alpha value is -2.47. The molecule has 3 rings (SSSR count). The number of benzene rings is 1. The Morgan fingerprint density at radius 3 is 2.60 bits per heavy atom. The number of halogens is 2. The zero-order valence-electron chi connectivity index (χ0n) is 16.3. The van der Waals surface area contributed by atoms with Crippen LogP contribution in [0, 0.1) is 9.39 Å². The van der Waals surface area contributed by atoms with Crippen LogP contribution in [0.3, 0.4) is 0 Å². The SMILES string of the molecule is C=CCCN(c1nc2oc(-c3ccc(F)cc3)c(C(=O)NC)c2cc1I)S(C)(=O)=O. The van der Waals surface area contributed by atoms with Crippen LogP contribution in [-0.2, 0) is 10.0 Å². The molecule has 1 aromatic carbocycles. The van der Waals surface area contributed by atoms with Crippen LogP contribution in [0.25, 0.3) is 22.4 Å². The summed E-state index contributed by atoms with van der Waals surface area (Å²) in [6, 6.07) is 7.18. The molecule has 158 valence electrons. The Morgan fingerprint density at radius 2 is 2.03 bits per heavy atom. The molecule has 0 aliphatic heterocycles. The maximum absolute atomic E-state index is 13.3. The lowest BCUT2D eigenvalue weighted by molar-refractivity contribution is 0.0964. The minimum Gasteiger partial charge on any atom is -0.437 e. The number of nitrogens with one attached hydrogen (secondary N) is 1. The first-order chi connectivity index (χ1) is 14.2. The van der Waals surface area contributed by atoms with Gasteiger partial charge in [0.1, 0.15) is 11.6 Å². The van der Waals surface area contributed by atoms with E-state index in [1.807, 2.05) is 22.6 Å². The van der Waals surface area contributed by atoms with Gasteiger partial charge >= 0.3 is 0 Å². The molecule has 0 fully saturated rings. The van der Waals surface area contributed by atoms with Crippen molar-refractivity contribution in [1.82, 2.24) is 10.3 Å². The molecule has 1 amide bonds. The second-order valence-corrected chi connectivity index (χ2v) is 9.52. The van der Waals surface area contributed by atoms with Crippen LogP contribution in [0.5, 0.6) is 0 Å². The number of sulfonamides is 1. The van der Waals surface area contributed by atoms with E-state index in [4.69, 9.17) is 4.42 Å². The van der Waals surface area contributed by atoms with Crippen molar-refractivity contribution in [3.63, 3.8) is 0 Å². The normalized spacial score (nSPS) is 11.5. The summed E-state index contributed by atoms with van der Waals surface area (Å²) in [6.07, 6.45) is 3.15. The van der Waals surface area contributed by atoms with Gasteiger partial charge in [0.25, 0.3) is 5.91 Å². The molecule has 0 aliphatic rings. The molecule has 30 heavy (non-hydrogen) atoms. The Balaban J connectivity index is 2.27. The molecular weight excluding hydrogens is 524 g/mol. The van der Waals surface area contributed by atoms with Crippen molar-refractivity contribution in [2.24, 2.45) is 0 Å². The van der Waals surface area contributed by atoms with Gasteiger partial charge in [0, 0.05) is 19.2 Å². The molecule has 10 heteroatoms. The van der Waals surface area contributed by atoms with Crippen LogP contribution >= 0.6 is 22.6 Å². The fourth-order valence-electron chi connectivity index (χ4n) is 2.96. The van der Waals surface area contributed by atoms with E-state index in [9.17, 15) is 17.6 Å². The molecular formula is C20H19FIN3O4S. The number of hydrogen-bond acceptors (Lipinski definition) is 5. The van der Waals surface area contributed by atoms with Crippen molar-refractivity contribution in [2.45, 2.75) is 6.42 Å².